The molecule has 2 aliphatic heterocycles. The Morgan fingerprint density at radius 3 is 2.17 bits per heavy atom. The highest BCUT2D eigenvalue weighted by molar-refractivity contribution is 6.35. The Hall–Kier alpha value is -1.91. The van der Waals surface area contributed by atoms with Gasteiger partial charge in [-0.3, -0.25) is 0 Å². The molecule has 0 N–H and O–H groups in total. The van der Waals surface area contributed by atoms with E-state index in [2.05, 4.69) is 0 Å². The van der Waals surface area contributed by atoms with Crippen LogP contribution in [0.25, 0.3) is 0 Å². The molecule has 2 aliphatic rings. The summed E-state index contributed by atoms with van der Waals surface area (Å²) in [6, 6.07) is 18.8. The molecule has 0 bridgehead atoms. The maximum atomic E-state index is 6.49. The summed E-state index contributed by atoms with van der Waals surface area (Å²) in [7, 11) is 0. The normalized spacial score (nSPS) is 20.0. The predicted molar refractivity (Wildman–Crippen MR) is 118 cm³/mol. The first kappa shape index (κ1) is 19.1. The fourth-order valence-corrected chi connectivity index (χ4v) is 4.58. The number of halogens is 4. The van der Waals surface area contributed by atoms with Crippen molar-refractivity contribution in [2.24, 2.45) is 5.10 Å². The number of rotatable bonds is 2. The molecule has 0 radical (unpaired) electrons. The molecule has 2 atom stereocenters. The standard InChI is InChI=1S/C22H14Cl4N2O/c23-14-5-1-12(2-6-14)19-11-20-17-9-16(25)10-18(26)21(17)29-22(28(20)27-19)13-3-7-15(24)8-4-13/h1-10,20,22H,11H2/t20-,22+/m0/s1. The summed E-state index contributed by atoms with van der Waals surface area (Å²) in [6.45, 7) is 0. The van der Waals surface area contributed by atoms with Crippen molar-refractivity contribution in [3.63, 3.8) is 0 Å². The monoisotopic (exact) mass is 462 g/mol. The summed E-state index contributed by atoms with van der Waals surface area (Å²) in [4.78, 5) is 0. The second-order valence-electron chi connectivity index (χ2n) is 6.98. The van der Waals surface area contributed by atoms with Crippen molar-refractivity contribution in [2.45, 2.75) is 18.7 Å². The number of hydrogen-bond acceptors (Lipinski definition) is 3. The number of fused-ring (bicyclic) bond motifs is 3. The SMILES string of the molecule is Clc1ccc(C2=NN3[C@@H](c4ccc(Cl)cc4)Oc4c(Cl)cc(Cl)cc4[C@@H]3C2)cc1. The van der Waals surface area contributed by atoms with Gasteiger partial charge in [-0.05, 0) is 42.0 Å². The summed E-state index contributed by atoms with van der Waals surface area (Å²) >= 11 is 24.9. The number of benzene rings is 3. The van der Waals surface area contributed by atoms with Crippen LogP contribution in [-0.4, -0.2) is 10.7 Å². The number of hydrazone groups is 1. The minimum absolute atomic E-state index is 0.0405. The second kappa shape index (κ2) is 7.41. The van der Waals surface area contributed by atoms with E-state index in [1.807, 2.05) is 59.6 Å². The van der Waals surface area contributed by atoms with E-state index in [0.29, 0.717) is 32.3 Å². The quantitative estimate of drug-likeness (QED) is 0.392. The second-order valence-corrected chi connectivity index (χ2v) is 8.70. The van der Waals surface area contributed by atoms with Crippen molar-refractivity contribution in [1.82, 2.24) is 5.01 Å². The fourth-order valence-electron chi connectivity index (χ4n) is 3.78. The zero-order valence-corrected chi connectivity index (χ0v) is 18.0. The van der Waals surface area contributed by atoms with Crippen LogP contribution in [0.4, 0.5) is 0 Å². The van der Waals surface area contributed by atoms with Gasteiger partial charge in [-0.15, -0.1) is 0 Å². The highest BCUT2D eigenvalue weighted by Crippen LogP contribution is 2.50. The predicted octanol–water partition coefficient (Wildman–Crippen LogP) is 7.54. The van der Waals surface area contributed by atoms with Crippen LogP contribution in [0.3, 0.4) is 0 Å². The number of ether oxygens (including phenoxy) is 1. The molecule has 7 heteroatoms. The lowest BCUT2D eigenvalue weighted by molar-refractivity contribution is -0.0189. The van der Waals surface area contributed by atoms with Gasteiger partial charge in [0.1, 0.15) is 5.75 Å². The molecule has 0 spiro atoms. The van der Waals surface area contributed by atoms with E-state index in [-0.39, 0.29) is 6.04 Å². The van der Waals surface area contributed by atoms with Crippen LogP contribution in [0.2, 0.25) is 20.1 Å². The first-order chi connectivity index (χ1) is 14.0. The highest BCUT2D eigenvalue weighted by atomic mass is 35.5. The van der Waals surface area contributed by atoms with Crippen LogP contribution in [0.1, 0.15) is 35.4 Å². The molecule has 146 valence electrons. The molecule has 29 heavy (non-hydrogen) atoms. The third kappa shape index (κ3) is 3.47. The molecule has 0 saturated carbocycles. The molecule has 0 saturated heterocycles. The molecule has 2 heterocycles. The Morgan fingerprint density at radius 1 is 0.828 bits per heavy atom. The molecule has 0 aromatic heterocycles. The smallest absolute Gasteiger partial charge is 0.213 e. The molecule has 0 fully saturated rings. The maximum absolute atomic E-state index is 6.49. The minimum atomic E-state index is -0.423. The van der Waals surface area contributed by atoms with Gasteiger partial charge >= 0.3 is 0 Å². The van der Waals surface area contributed by atoms with Gasteiger partial charge in [-0.25, -0.2) is 5.01 Å². The van der Waals surface area contributed by atoms with Gasteiger partial charge in [-0.1, -0.05) is 70.7 Å². The van der Waals surface area contributed by atoms with Crippen molar-refractivity contribution in [3.05, 3.63) is 97.4 Å². The zero-order valence-electron chi connectivity index (χ0n) is 14.9. The van der Waals surface area contributed by atoms with E-state index >= 15 is 0 Å². The Kier molecular flexibility index (Phi) is 4.87. The van der Waals surface area contributed by atoms with Crippen molar-refractivity contribution >= 4 is 52.1 Å². The van der Waals surface area contributed by atoms with E-state index in [1.54, 1.807) is 6.07 Å². The van der Waals surface area contributed by atoms with E-state index in [9.17, 15) is 0 Å². The van der Waals surface area contributed by atoms with Crippen LogP contribution >= 0.6 is 46.4 Å². The van der Waals surface area contributed by atoms with Gasteiger partial charge < -0.3 is 4.74 Å². The van der Waals surface area contributed by atoms with E-state index in [1.165, 1.54) is 0 Å². The Morgan fingerprint density at radius 2 is 1.48 bits per heavy atom. The van der Waals surface area contributed by atoms with Gasteiger partial charge in [-0.2, -0.15) is 5.10 Å². The zero-order chi connectivity index (χ0) is 20.1. The first-order valence-corrected chi connectivity index (χ1v) is 10.5. The van der Waals surface area contributed by atoms with Crippen molar-refractivity contribution < 1.29 is 4.74 Å². The Labute approximate surface area is 188 Å². The molecular weight excluding hydrogens is 450 g/mol. The number of hydrogen-bond donors (Lipinski definition) is 0. The number of nitrogens with zero attached hydrogens (tertiary/aromatic N) is 2. The summed E-state index contributed by atoms with van der Waals surface area (Å²) < 4.78 is 6.32. The van der Waals surface area contributed by atoms with Gasteiger partial charge in [0.15, 0.2) is 0 Å². The lowest BCUT2D eigenvalue weighted by Gasteiger charge is -2.38. The third-order valence-electron chi connectivity index (χ3n) is 5.14. The summed E-state index contributed by atoms with van der Waals surface area (Å²) in [5.74, 6) is 0.643. The summed E-state index contributed by atoms with van der Waals surface area (Å²) in [5, 5.41) is 9.30. The maximum Gasteiger partial charge on any atom is 0.213 e. The van der Waals surface area contributed by atoms with E-state index in [0.717, 1.165) is 22.4 Å². The topological polar surface area (TPSA) is 24.8 Å². The lowest BCUT2D eigenvalue weighted by Crippen LogP contribution is -2.33. The minimum Gasteiger partial charge on any atom is -0.463 e. The van der Waals surface area contributed by atoms with Crippen LogP contribution in [0, 0.1) is 0 Å². The lowest BCUT2D eigenvalue weighted by atomic mass is 9.96. The van der Waals surface area contributed by atoms with E-state index in [4.69, 9.17) is 56.2 Å². The van der Waals surface area contributed by atoms with Crippen molar-refractivity contribution in [1.29, 1.82) is 0 Å². The van der Waals surface area contributed by atoms with Gasteiger partial charge in [0.05, 0.1) is 16.8 Å². The molecule has 0 amide bonds. The molecule has 3 aromatic rings. The van der Waals surface area contributed by atoms with Crippen molar-refractivity contribution in [2.75, 3.05) is 0 Å². The van der Waals surface area contributed by atoms with Gasteiger partial charge in [0.2, 0.25) is 6.23 Å². The largest absolute Gasteiger partial charge is 0.463 e. The molecule has 5 rings (SSSR count). The molecular formula is C22H14Cl4N2O. The van der Waals surface area contributed by atoms with Crippen LogP contribution in [-0.2, 0) is 0 Å². The van der Waals surface area contributed by atoms with Gasteiger partial charge in [0.25, 0.3) is 0 Å². The molecule has 0 aliphatic carbocycles. The average Bonchev–Trinajstić information content (AvgIpc) is 3.14. The average molecular weight is 464 g/mol. The summed E-state index contributed by atoms with van der Waals surface area (Å²) in [5.41, 5.74) is 3.85. The van der Waals surface area contributed by atoms with Crippen molar-refractivity contribution in [3.8, 4) is 5.75 Å². The first-order valence-electron chi connectivity index (χ1n) is 9.02. The third-order valence-corrected chi connectivity index (χ3v) is 6.14. The van der Waals surface area contributed by atoms with Crippen LogP contribution in [0.5, 0.6) is 5.75 Å². The molecule has 3 nitrogen and oxygen atoms in total. The Balaban J connectivity index is 1.62. The Bertz CT molecular complexity index is 1110. The highest BCUT2D eigenvalue weighted by Gasteiger charge is 2.42. The van der Waals surface area contributed by atoms with Crippen LogP contribution in [0.15, 0.2) is 65.8 Å². The summed E-state index contributed by atoms with van der Waals surface area (Å²) in [6.07, 6.45) is 0.284. The fraction of sp³-hybridized carbons (Fsp3) is 0.136. The van der Waals surface area contributed by atoms with Gasteiger partial charge in [0, 0.05) is 32.6 Å². The van der Waals surface area contributed by atoms with E-state index < -0.39 is 6.23 Å². The molecule has 3 aromatic carbocycles. The molecule has 0 unspecified atom stereocenters. The van der Waals surface area contributed by atoms with Crippen LogP contribution < -0.4 is 4.74 Å².